The third-order valence-corrected chi connectivity index (χ3v) is 6.60. The number of hydrogen-bond acceptors (Lipinski definition) is 3. The maximum atomic E-state index is 13.1. The fourth-order valence-electron chi connectivity index (χ4n) is 4.99. The molecule has 2 aromatic rings. The number of likely N-dealkylation sites (tertiary alicyclic amines) is 1. The van der Waals surface area contributed by atoms with Crippen LogP contribution in [-0.2, 0) is 7.05 Å². The van der Waals surface area contributed by atoms with Gasteiger partial charge < -0.3 is 10.6 Å². The Morgan fingerprint density at radius 1 is 1.07 bits per heavy atom. The Morgan fingerprint density at radius 2 is 1.74 bits per heavy atom. The monoisotopic (exact) mass is 390 g/mol. The van der Waals surface area contributed by atoms with E-state index in [0.29, 0.717) is 22.0 Å². The van der Waals surface area contributed by atoms with Crippen LogP contribution in [-0.4, -0.2) is 39.3 Å². The van der Waals surface area contributed by atoms with Crippen molar-refractivity contribution in [2.75, 3.05) is 13.1 Å². The standard InChI is InChI=1S/C20H27ClN4O2/c1-23-17-12-13(21)11-16(19(22)26)18(17)20(27)25(23)15-7-9-24(10-8-15)14-5-3-2-4-6-14/h11-12,14-15H,2-10H2,1H3,(H2,22,26). The molecule has 2 N–H and O–H groups in total. The number of primary amides is 1. The molecule has 1 amide bonds. The number of fused-ring (bicyclic) bond motifs is 1. The van der Waals surface area contributed by atoms with Crippen LogP contribution in [0.4, 0.5) is 0 Å². The number of aryl methyl sites for hydroxylation is 1. The Labute approximate surface area is 163 Å². The van der Waals surface area contributed by atoms with Crippen LogP contribution < -0.4 is 11.3 Å². The van der Waals surface area contributed by atoms with Gasteiger partial charge in [-0.3, -0.25) is 14.3 Å². The van der Waals surface area contributed by atoms with Gasteiger partial charge in [-0.05, 0) is 37.8 Å². The van der Waals surface area contributed by atoms with Gasteiger partial charge in [-0.15, -0.1) is 0 Å². The number of halogens is 1. The minimum absolute atomic E-state index is 0.134. The number of carbonyl (C=O) groups is 1. The zero-order chi connectivity index (χ0) is 19.1. The van der Waals surface area contributed by atoms with E-state index in [4.69, 9.17) is 17.3 Å². The lowest BCUT2D eigenvalue weighted by Gasteiger charge is -2.39. The van der Waals surface area contributed by atoms with Crippen molar-refractivity contribution >= 4 is 28.4 Å². The van der Waals surface area contributed by atoms with Gasteiger partial charge in [0, 0.05) is 31.2 Å². The zero-order valence-corrected chi connectivity index (χ0v) is 16.5. The number of aromatic nitrogens is 2. The summed E-state index contributed by atoms with van der Waals surface area (Å²) in [6, 6.07) is 4.07. The van der Waals surface area contributed by atoms with Crippen molar-refractivity contribution in [3.8, 4) is 0 Å². The fourth-order valence-corrected chi connectivity index (χ4v) is 5.20. The lowest BCUT2D eigenvalue weighted by molar-refractivity contribution is 0.100. The van der Waals surface area contributed by atoms with Crippen LogP contribution in [0.5, 0.6) is 0 Å². The number of nitrogens with two attached hydrogens (primary N) is 1. The van der Waals surface area contributed by atoms with Crippen LogP contribution in [0.2, 0.25) is 5.02 Å². The summed E-state index contributed by atoms with van der Waals surface area (Å²) in [6.07, 6.45) is 8.54. The van der Waals surface area contributed by atoms with Crippen molar-refractivity contribution in [2.45, 2.75) is 57.0 Å². The van der Waals surface area contributed by atoms with E-state index in [1.165, 1.54) is 38.2 Å². The van der Waals surface area contributed by atoms with Gasteiger partial charge in [-0.2, -0.15) is 0 Å². The molecular weight excluding hydrogens is 364 g/mol. The summed E-state index contributed by atoms with van der Waals surface area (Å²) in [6.45, 7) is 2.04. The lowest BCUT2D eigenvalue weighted by Crippen LogP contribution is -2.44. The number of piperidine rings is 1. The number of nitrogens with zero attached hydrogens (tertiary/aromatic N) is 3. The molecular formula is C20H27ClN4O2. The highest BCUT2D eigenvalue weighted by molar-refractivity contribution is 6.32. The van der Waals surface area contributed by atoms with Gasteiger partial charge in [-0.25, -0.2) is 4.68 Å². The molecule has 7 heteroatoms. The number of rotatable bonds is 3. The third-order valence-electron chi connectivity index (χ3n) is 6.38. The van der Waals surface area contributed by atoms with Crippen molar-refractivity contribution < 1.29 is 4.79 Å². The van der Waals surface area contributed by atoms with Crippen LogP contribution >= 0.6 is 11.6 Å². The summed E-state index contributed by atoms with van der Waals surface area (Å²) in [4.78, 5) is 27.6. The van der Waals surface area contributed by atoms with E-state index < -0.39 is 5.91 Å². The van der Waals surface area contributed by atoms with E-state index >= 15 is 0 Å². The second-order valence-electron chi connectivity index (χ2n) is 7.94. The van der Waals surface area contributed by atoms with Gasteiger partial charge >= 0.3 is 0 Å². The van der Waals surface area contributed by atoms with Crippen LogP contribution in [0.3, 0.4) is 0 Å². The van der Waals surface area contributed by atoms with Gasteiger partial charge in [-0.1, -0.05) is 30.9 Å². The molecule has 1 aromatic carbocycles. The van der Waals surface area contributed by atoms with Crippen molar-refractivity contribution in [3.63, 3.8) is 0 Å². The minimum Gasteiger partial charge on any atom is -0.366 e. The molecule has 1 aromatic heterocycles. The molecule has 0 atom stereocenters. The molecule has 1 saturated heterocycles. The van der Waals surface area contributed by atoms with Gasteiger partial charge in [0.25, 0.3) is 5.56 Å². The summed E-state index contributed by atoms with van der Waals surface area (Å²) < 4.78 is 3.64. The Balaban J connectivity index is 1.64. The Hall–Kier alpha value is -1.79. The first-order valence-corrected chi connectivity index (χ1v) is 10.3. The molecule has 27 heavy (non-hydrogen) atoms. The van der Waals surface area contributed by atoms with Gasteiger partial charge in [0.15, 0.2) is 0 Å². The topological polar surface area (TPSA) is 73.3 Å². The summed E-state index contributed by atoms with van der Waals surface area (Å²) >= 11 is 6.15. The molecule has 2 fully saturated rings. The molecule has 0 bridgehead atoms. The molecule has 1 aliphatic heterocycles. The third kappa shape index (κ3) is 3.29. The second-order valence-corrected chi connectivity index (χ2v) is 8.38. The summed E-state index contributed by atoms with van der Waals surface area (Å²) in [5, 5.41) is 0.792. The first-order chi connectivity index (χ1) is 13.0. The van der Waals surface area contributed by atoms with Crippen LogP contribution in [0.1, 0.15) is 61.3 Å². The molecule has 2 heterocycles. The number of amides is 1. The van der Waals surface area contributed by atoms with E-state index in [9.17, 15) is 9.59 Å². The summed E-state index contributed by atoms with van der Waals surface area (Å²) in [7, 11) is 1.86. The van der Waals surface area contributed by atoms with Crippen molar-refractivity contribution in [2.24, 2.45) is 12.8 Å². The minimum atomic E-state index is -0.621. The van der Waals surface area contributed by atoms with Crippen molar-refractivity contribution in [3.05, 3.63) is 33.1 Å². The van der Waals surface area contributed by atoms with E-state index in [-0.39, 0.29) is 17.2 Å². The fraction of sp³-hybridized carbons (Fsp3) is 0.600. The number of benzene rings is 1. The first kappa shape index (κ1) is 18.6. The normalized spacial score (nSPS) is 20.4. The van der Waals surface area contributed by atoms with Gasteiger partial charge in [0.05, 0.1) is 22.5 Å². The summed E-state index contributed by atoms with van der Waals surface area (Å²) in [5.74, 6) is -0.621. The molecule has 0 unspecified atom stereocenters. The van der Waals surface area contributed by atoms with Gasteiger partial charge in [0.2, 0.25) is 5.91 Å². The van der Waals surface area contributed by atoms with Crippen LogP contribution in [0.25, 0.3) is 10.9 Å². The first-order valence-electron chi connectivity index (χ1n) is 9.92. The quantitative estimate of drug-likeness (QED) is 0.875. The SMILES string of the molecule is Cn1c2cc(Cl)cc(C(N)=O)c2c(=O)n1C1CCN(C2CCCCC2)CC1. The average Bonchev–Trinajstić information content (AvgIpc) is 2.92. The molecule has 1 aliphatic carbocycles. The Morgan fingerprint density at radius 3 is 2.37 bits per heavy atom. The van der Waals surface area contributed by atoms with E-state index in [0.717, 1.165) is 25.9 Å². The maximum absolute atomic E-state index is 13.1. The molecule has 0 radical (unpaired) electrons. The van der Waals surface area contributed by atoms with E-state index in [1.807, 2.05) is 11.7 Å². The van der Waals surface area contributed by atoms with E-state index in [1.54, 1.807) is 10.7 Å². The second kappa shape index (κ2) is 7.32. The molecule has 6 nitrogen and oxygen atoms in total. The van der Waals surface area contributed by atoms with Gasteiger partial charge in [0.1, 0.15) is 0 Å². The predicted octanol–water partition coefficient (Wildman–Crippen LogP) is 3.06. The number of hydrogen-bond donors (Lipinski definition) is 1. The molecule has 4 rings (SSSR count). The van der Waals surface area contributed by atoms with Crippen LogP contribution in [0.15, 0.2) is 16.9 Å². The van der Waals surface area contributed by atoms with Crippen molar-refractivity contribution in [1.29, 1.82) is 0 Å². The average molecular weight is 391 g/mol. The molecule has 1 saturated carbocycles. The van der Waals surface area contributed by atoms with Crippen molar-refractivity contribution in [1.82, 2.24) is 14.3 Å². The molecule has 2 aliphatic rings. The largest absolute Gasteiger partial charge is 0.366 e. The Kier molecular flexibility index (Phi) is 5.03. The number of carbonyl (C=O) groups excluding carboxylic acids is 1. The van der Waals surface area contributed by atoms with E-state index in [2.05, 4.69) is 4.90 Å². The highest BCUT2D eigenvalue weighted by Gasteiger charge is 2.29. The predicted molar refractivity (Wildman–Crippen MR) is 107 cm³/mol. The highest BCUT2D eigenvalue weighted by atomic mass is 35.5. The maximum Gasteiger partial charge on any atom is 0.275 e. The summed E-state index contributed by atoms with van der Waals surface area (Å²) in [5.41, 5.74) is 6.22. The zero-order valence-electron chi connectivity index (χ0n) is 15.8. The highest BCUT2D eigenvalue weighted by Crippen LogP contribution is 2.30. The van der Waals surface area contributed by atoms with Crippen LogP contribution in [0, 0.1) is 0 Å². The molecule has 0 spiro atoms. The molecule has 146 valence electrons. The smallest absolute Gasteiger partial charge is 0.275 e. The Bertz CT molecular complexity index is 918. The lowest BCUT2D eigenvalue weighted by atomic mass is 9.92.